The van der Waals surface area contributed by atoms with Gasteiger partial charge in [-0.25, -0.2) is 4.98 Å². The van der Waals surface area contributed by atoms with Crippen molar-refractivity contribution in [2.75, 3.05) is 52.2 Å². The van der Waals surface area contributed by atoms with Crippen molar-refractivity contribution in [2.24, 2.45) is 0 Å². The molecule has 0 aliphatic rings. The van der Waals surface area contributed by atoms with Crippen molar-refractivity contribution in [1.82, 2.24) is 4.98 Å². The van der Waals surface area contributed by atoms with Crippen LogP contribution in [0.15, 0.2) is 30.5 Å². The number of nitrogens with one attached hydrogen (secondary N) is 2. The lowest BCUT2D eigenvalue weighted by molar-refractivity contribution is 0.102. The summed E-state index contributed by atoms with van der Waals surface area (Å²) < 4.78 is 20.8. The topological polar surface area (TPSA) is 90.9 Å². The van der Waals surface area contributed by atoms with Gasteiger partial charge in [-0.3, -0.25) is 4.79 Å². The number of amides is 1. The number of carbonyl (C=O) groups excluding carboxylic acids is 1. The number of aromatic nitrogens is 1. The fourth-order valence-electron chi connectivity index (χ4n) is 2.27. The number of ether oxygens (including phenoxy) is 4. The van der Waals surface area contributed by atoms with Gasteiger partial charge >= 0.3 is 0 Å². The fourth-order valence-corrected chi connectivity index (χ4v) is 2.27. The second kappa shape index (κ2) is 9.47. The van der Waals surface area contributed by atoms with Crippen molar-refractivity contribution in [1.29, 1.82) is 0 Å². The second-order valence-corrected chi connectivity index (χ2v) is 5.22. The quantitative estimate of drug-likeness (QED) is 0.663. The molecule has 2 N–H and O–H groups in total. The van der Waals surface area contributed by atoms with Gasteiger partial charge in [0, 0.05) is 37.7 Å². The van der Waals surface area contributed by atoms with Crippen LogP contribution in [0.4, 0.5) is 11.5 Å². The van der Waals surface area contributed by atoms with E-state index >= 15 is 0 Å². The van der Waals surface area contributed by atoms with Crippen molar-refractivity contribution < 1.29 is 23.7 Å². The van der Waals surface area contributed by atoms with Crippen LogP contribution in [-0.4, -0.2) is 52.5 Å². The van der Waals surface area contributed by atoms with Gasteiger partial charge in [-0.2, -0.15) is 0 Å². The van der Waals surface area contributed by atoms with E-state index in [2.05, 4.69) is 15.6 Å². The van der Waals surface area contributed by atoms with E-state index in [9.17, 15) is 4.79 Å². The molecule has 0 saturated carbocycles. The maximum atomic E-state index is 12.4. The van der Waals surface area contributed by atoms with Gasteiger partial charge in [0.05, 0.1) is 33.5 Å². The molecule has 0 spiro atoms. The van der Waals surface area contributed by atoms with E-state index in [0.29, 0.717) is 47.5 Å². The highest BCUT2D eigenvalue weighted by Gasteiger charge is 2.15. The third-order valence-corrected chi connectivity index (χ3v) is 3.56. The Kier molecular flexibility index (Phi) is 7.04. The molecule has 1 amide bonds. The van der Waals surface area contributed by atoms with Gasteiger partial charge in [0.1, 0.15) is 5.82 Å². The Hall–Kier alpha value is -3.00. The van der Waals surface area contributed by atoms with Crippen LogP contribution in [0.5, 0.6) is 17.2 Å². The van der Waals surface area contributed by atoms with Crippen molar-refractivity contribution in [2.45, 2.75) is 0 Å². The first-order valence-corrected chi connectivity index (χ1v) is 7.93. The van der Waals surface area contributed by atoms with Gasteiger partial charge in [0.25, 0.3) is 5.91 Å². The summed E-state index contributed by atoms with van der Waals surface area (Å²) in [4.78, 5) is 16.6. The number of benzene rings is 1. The molecule has 2 aromatic rings. The number of nitrogens with zero attached hydrogens (tertiary/aromatic N) is 1. The molecule has 140 valence electrons. The van der Waals surface area contributed by atoms with E-state index in [-0.39, 0.29) is 5.91 Å². The van der Waals surface area contributed by atoms with E-state index in [1.807, 2.05) is 0 Å². The monoisotopic (exact) mass is 361 g/mol. The molecule has 8 nitrogen and oxygen atoms in total. The minimum absolute atomic E-state index is 0.296. The molecule has 0 atom stereocenters. The first kappa shape index (κ1) is 19.3. The lowest BCUT2D eigenvalue weighted by atomic mass is 10.2. The summed E-state index contributed by atoms with van der Waals surface area (Å²) in [5, 5.41) is 5.89. The molecule has 1 aromatic heterocycles. The molecule has 0 aliphatic heterocycles. The van der Waals surface area contributed by atoms with Gasteiger partial charge in [0.2, 0.25) is 5.75 Å². The van der Waals surface area contributed by atoms with Crippen LogP contribution in [-0.2, 0) is 4.74 Å². The highest BCUT2D eigenvalue weighted by atomic mass is 16.5. The summed E-state index contributed by atoms with van der Waals surface area (Å²) in [6, 6.07) is 6.75. The van der Waals surface area contributed by atoms with E-state index < -0.39 is 0 Å². The summed E-state index contributed by atoms with van der Waals surface area (Å²) >= 11 is 0. The van der Waals surface area contributed by atoms with E-state index in [4.69, 9.17) is 18.9 Å². The summed E-state index contributed by atoms with van der Waals surface area (Å²) in [5.74, 6) is 1.75. The predicted octanol–water partition coefficient (Wildman–Crippen LogP) is 2.42. The third-order valence-electron chi connectivity index (χ3n) is 3.56. The van der Waals surface area contributed by atoms with Crippen LogP contribution in [0.1, 0.15) is 10.4 Å². The van der Waals surface area contributed by atoms with Crippen LogP contribution in [0.25, 0.3) is 0 Å². The van der Waals surface area contributed by atoms with Crippen molar-refractivity contribution >= 4 is 17.4 Å². The van der Waals surface area contributed by atoms with Crippen LogP contribution >= 0.6 is 0 Å². The number of pyridine rings is 1. The molecule has 26 heavy (non-hydrogen) atoms. The second-order valence-electron chi connectivity index (χ2n) is 5.22. The molecule has 0 fully saturated rings. The third kappa shape index (κ3) is 4.76. The summed E-state index contributed by atoms with van der Waals surface area (Å²) in [6.45, 7) is 1.21. The molecule has 0 bridgehead atoms. The zero-order valence-corrected chi connectivity index (χ0v) is 15.3. The van der Waals surface area contributed by atoms with Crippen molar-refractivity contribution in [3.05, 3.63) is 36.0 Å². The minimum Gasteiger partial charge on any atom is -0.493 e. The lowest BCUT2D eigenvalue weighted by Crippen LogP contribution is -2.13. The number of hydrogen-bond acceptors (Lipinski definition) is 7. The highest BCUT2D eigenvalue weighted by Crippen LogP contribution is 2.39. The molecule has 0 saturated heterocycles. The van der Waals surface area contributed by atoms with Crippen LogP contribution in [0, 0.1) is 0 Å². The molecule has 2 rings (SSSR count). The SMILES string of the molecule is COCCNc1ccc(C(=O)Nc2cc(OC)c(OC)c(OC)c2)cn1. The van der Waals surface area contributed by atoms with Crippen molar-refractivity contribution in [3.8, 4) is 17.2 Å². The molecule has 0 unspecified atom stereocenters. The fraction of sp³-hybridized carbons (Fsp3) is 0.333. The average molecular weight is 361 g/mol. The van der Waals surface area contributed by atoms with Gasteiger partial charge in [-0.15, -0.1) is 0 Å². The standard InChI is InChI=1S/C18H23N3O5/c1-23-8-7-19-16-6-5-12(11-20-16)18(22)21-13-9-14(24-2)17(26-4)15(10-13)25-3/h5-6,9-11H,7-8H2,1-4H3,(H,19,20)(H,21,22). The van der Waals surface area contributed by atoms with E-state index in [0.717, 1.165) is 0 Å². The number of hydrogen-bond donors (Lipinski definition) is 2. The smallest absolute Gasteiger partial charge is 0.257 e. The number of methoxy groups -OCH3 is 4. The Morgan fingerprint density at radius 2 is 1.73 bits per heavy atom. The summed E-state index contributed by atoms with van der Waals surface area (Å²) in [5.41, 5.74) is 0.947. The molecule has 0 aliphatic carbocycles. The number of anilines is 2. The largest absolute Gasteiger partial charge is 0.493 e. The van der Waals surface area contributed by atoms with Gasteiger partial charge < -0.3 is 29.6 Å². The average Bonchev–Trinajstić information content (AvgIpc) is 2.67. The Bertz CT molecular complexity index is 709. The Morgan fingerprint density at radius 1 is 1.04 bits per heavy atom. The van der Waals surface area contributed by atoms with Crippen LogP contribution in [0.3, 0.4) is 0 Å². The number of carbonyl (C=O) groups is 1. The zero-order chi connectivity index (χ0) is 18.9. The molecule has 0 radical (unpaired) electrons. The molecule has 1 aromatic carbocycles. The summed E-state index contributed by atoms with van der Waals surface area (Å²) in [7, 11) is 6.18. The highest BCUT2D eigenvalue weighted by molar-refractivity contribution is 6.04. The maximum absolute atomic E-state index is 12.4. The first-order valence-electron chi connectivity index (χ1n) is 7.93. The summed E-state index contributed by atoms with van der Waals surface area (Å²) in [6.07, 6.45) is 1.50. The van der Waals surface area contributed by atoms with Gasteiger partial charge in [0.15, 0.2) is 11.5 Å². The van der Waals surface area contributed by atoms with Crippen molar-refractivity contribution in [3.63, 3.8) is 0 Å². The maximum Gasteiger partial charge on any atom is 0.257 e. The van der Waals surface area contributed by atoms with Gasteiger partial charge in [-0.1, -0.05) is 0 Å². The lowest BCUT2D eigenvalue weighted by Gasteiger charge is -2.14. The Labute approximate surface area is 152 Å². The Morgan fingerprint density at radius 3 is 2.23 bits per heavy atom. The normalized spacial score (nSPS) is 10.2. The first-order chi connectivity index (χ1) is 12.6. The minimum atomic E-state index is -0.296. The van der Waals surface area contributed by atoms with Gasteiger partial charge in [-0.05, 0) is 12.1 Å². The van der Waals surface area contributed by atoms with E-state index in [1.54, 1.807) is 31.4 Å². The molecular weight excluding hydrogens is 338 g/mol. The molecule has 1 heterocycles. The number of rotatable bonds is 9. The molecular formula is C18H23N3O5. The Balaban J connectivity index is 2.11. The van der Waals surface area contributed by atoms with Crippen LogP contribution in [0.2, 0.25) is 0 Å². The molecule has 8 heteroatoms. The van der Waals surface area contributed by atoms with E-state index in [1.165, 1.54) is 27.5 Å². The predicted molar refractivity (Wildman–Crippen MR) is 98.7 cm³/mol. The zero-order valence-electron chi connectivity index (χ0n) is 15.3. The van der Waals surface area contributed by atoms with Crippen LogP contribution < -0.4 is 24.8 Å².